The molecular formula is C55H65FN10O10S. The summed E-state index contributed by atoms with van der Waals surface area (Å²) >= 11 is 1.58. The summed E-state index contributed by atoms with van der Waals surface area (Å²) in [5.74, 6) is -0.318. The SMILES string of the molecule is COC(=O)NC(C(=O)N1CCC[C@H]1c1ncc(-c2cc(F)c3c(c2)OC(c2cnc(C4CCOCC4)s2)n2c-3cc3cc(-c4cnc([C@@]5(O)CCCN5C(=O)C(NC(=O)OC)C5CCOC(C)(C)C5)[nH]4)ccc32)[nH]1)C(C)C. The first-order chi connectivity index (χ1) is 37.0. The number of aromatic amines is 2. The zero-order chi connectivity index (χ0) is 53.9. The highest BCUT2D eigenvalue weighted by Crippen LogP contribution is 2.49. The van der Waals surface area contributed by atoms with Gasteiger partial charge in [0.15, 0.2) is 11.5 Å². The fraction of sp³-hybridized carbons (Fsp3) is 0.509. The van der Waals surface area contributed by atoms with Crippen molar-refractivity contribution in [2.75, 3.05) is 47.1 Å². The minimum absolute atomic E-state index is 0.190. The summed E-state index contributed by atoms with van der Waals surface area (Å²) in [6.45, 7) is 10.1. The summed E-state index contributed by atoms with van der Waals surface area (Å²) in [4.78, 5) is 78.2. The lowest BCUT2D eigenvalue weighted by molar-refractivity contribution is -0.161. The molecule has 9 heterocycles. The number of hydrogen-bond donors (Lipinski definition) is 5. The number of nitrogens with zero attached hydrogens (tertiary/aromatic N) is 6. The standard InChI is InChI=1S/C55H65FN10O10S/c1-29(2)44(62-52(69)72-5)48(67)64-16-7-9-39(64)46-57-26-37(60-46)33-22-35(56)43-40-23-34-21-31(10-11-38(34)66(40)50(76-41(43)24-33)42-28-58-47(77-42)30-12-18-74-19-13-30)36-27-59-51(61-36)55(71)15-8-17-65(55)49(68)45(63-53(70)73-6)32-14-20-75-54(3,4)25-32/h10-11,21-24,26-30,32,39,44-45,50,71H,7-9,12-20,25H2,1-6H3,(H,57,60)(H,59,61)(H,62,69)(H,63,70)/t32?,39-,44?,45?,50?,55-/m0/s1. The lowest BCUT2D eigenvalue weighted by Gasteiger charge is -2.41. The first-order valence-electron chi connectivity index (χ1n) is 26.5. The molecular weight excluding hydrogens is 1010 g/mol. The van der Waals surface area contributed by atoms with E-state index in [1.165, 1.54) is 25.2 Å². The smallest absolute Gasteiger partial charge is 0.407 e. The molecule has 0 bridgehead atoms. The Morgan fingerprint density at radius 3 is 2.40 bits per heavy atom. The summed E-state index contributed by atoms with van der Waals surface area (Å²) in [5.41, 5.74) is 1.73. The largest absolute Gasteiger partial charge is 0.464 e. The van der Waals surface area contributed by atoms with Crippen molar-refractivity contribution in [1.29, 1.82) is 0 Å². The number of amides is 4. The molecule has 0 spiro atoms. The maximum absolute atomic E-state index is 17.1. The number of likely N-dealkylation sites (tertiary alicyclic amines) is 2. The molecule has 408 valence electrons. The van der Waals surface area contributed by atoms with Crippen molar-refractivity contribution in [2.24, 2.45) is 11.8 Å². The number of benzene rings is 2. The summed E-state index contributed by atoms with van der Waals surface area (Å²) in [7, 11) is 2.51. The number of aliphatic hydroxyl groups is 1. The van der Waals surface area contributed by atoms with Gasteiger partial charge in [0, 0.05) is 68.0 Å². The van der Waals surface area contributed by atoms with Crippen molar-refractivity contribution in [3.8, 4) is 39.5 Å². The van der Waals surface area contributed by atoms with Crippen molar-refractivity contribution >= 4 is 46.2 Å². The second kappa shape index (κ2) is 20.8. The number of thiazole rings is 1. The van der Waals surface area contributed by atoms with Crippen molar-refractivity contribution in [3.05, 3.63) is 82.3 Å². The van der Waals surface area contributed by atoms with Gasteiger partial charge in [-0.25, -0.2) is 28.9 Å². The number of alkyl carbamates (subject to hydrolysis) is 2. The first kappa shape index (κ1) is 52.2. The number of carbonyl (C=O) groups is 4. The third-order valence-electron chi connectivity index (χ3n) is 15.9. The van der Waals surface area contributed by atoms with Crippen LogP contribution in [0.25, 0.3) is 44.7 Å². The van der Waals surface area contributed by atoms with Crippen LogP contribution in [-0.2, 0) is 34.3 Å². The molecule has 0 aliphatic carbocycles. The Hall–Kier alpha value is -6.88. The predicted molar refractivity (Wildman–Crippen MR) is 281 cm³/mol. The quantitative estimate of drug-likeness (QED) is 0.0777. The number of fused-ring (bicyclic) bond motifs is 5. The number of halogens is 1. The lowest BCUT2D eigenvalue weighted by Crippen LogP contribution is -2.58. The molecule has 0 saturated carbocycles. The van der Waals surface area contributed by atoms with Gasteiger partial charge in [-0.2, -0.15) is 0 Å². The van der Waals surface area contributed by atoms with Crippen LogP contribution in [0.5, 0.6) is 5.75 Å². The van der Waals surface area contributed by atoms with Gasteiger partial charge in [-0.15, -0.1) is 11.3 Å². The zero-order valence-electron chi connectivity index (χ0n) is 44.0. The molecule has 4 saturated heterocycles. The van der Waals surface area contributed by atoms with Gasteiger partial charge in [0.25, 0.3) is 0 Å². The summed E-state index contributed by atoms with van der Waals surface area (Å²) in [5, 5.41) is 19.6. The number of rotatable bonds is 12. The van der Waals surface area contributed by atoms with Gasteiger partial charge in [0.1, 0.15) is 29.5 Å². The molecule has 6 aromatic rings. The summed E-state index contributed by atoms with van der Waals surface area (Å²) in [6.07, 6.45) is 7.88. The number of nitrogens with one attached hydrogen (secondary N) is 4. The van der Waals surface area contributed by atoms with Crippen LogP contribution in [0.1, 0.15) is 119 Å². The van der Waals surface area contributed by atoms with E-state index in [1.54, 1.807) is 28.6 Å². The molecule has 20 nitrogen and oxygen atoms in total. The Morgan fingerprint density at radius 2 is 1.64 bits per heavy atom. The highest BCUT2D eigenvalue weighted by molar-refractivity contribution is 7.11. The van der Waals surface area contributed by atoms with E-state index in [9.17, 15) is 24.3 Å². The number of methoxy groups -OCH3 is 2. The van der Waals surface area contributed by atoms with Crippen LogP contribution in [0.2, 0.25) is 0 Å². The molecule has 0 radical (unpaired) electrons. The Balaban J connectivity index is 0.915. The molecule has 4 amide bonds. The molecule has 11 rings (SSSR count). The van der Waals surface area contributed by atoms with Crippen LogP contribution in [0.15, 0.2) is 55.0 Å². The molecule has 5 aliphatic rings. The molecule has 77 heavy (non-hydrogen) atoms. The zero-order valence-corrected chi connectivity index (χ0v) is 44.8. The number of ether oxygens (including phenoxy) is 5. The fourth-order valence-corrected chi connectivity index (χ4v) is 13.1. The third kappa shape index (κ3) is 9.81. The lowest BCUT2D eigenvalue weighted by atomic mass is 9.82. The number of hydrogen-bond acceptors (Lipinski definition) is 14. The van der Waals surface area contributed by atoms with E-state index in [0.717, 1.165) is 45.6 Å². The number of aromatic nitrogens is 6. The molecule has 5 aliphatic heterocycles. The van der Waals surface area contributed by atoms with Crippen LogP contribution in [0, 0.1) is 17.7 Å². The highest BCUT2D eigenvalue weighted by atomic mass is 32.1. The van der Waals surface area contributed by atoms with E-state index >= 15 is 4.39 Å². The van der Waals surface area contributed by atoms with E-state index in [-0.39, 0.29) is 54.1 Å². The number of imidazole rings is 2. The summed E-state index contributed by atoms with van der Waals surface area (Å²) < 4.78 is 47.4. The van der Waals surface area contributed by atoms with E-state index in [4.69, 9.17) is 33.7 Å². The molecule has 4 fully saturated rings. The van der Waals surface area contributed by atoms with Gasteiger partial charge in [-0.1, -0.05) is 19.9 Å². The number of H-pyrrole nitrogens is 2. The van der Waals surface area contributed by atoms with Crippen molar-refractivity contribution in [1.82, 2.24) is 49.9 Å². The van der Waals surface area contributed by atoms with E-state index in [1.807, 2.05) is 68.8 Å². The molecule has 22 heteroatoms. The van der Waals surface area contributed by atoms with Crippen LogP contribution in [-0.4, -0.2) is 133 Å². The van der Waals surface area contributed by atoms with Gasteiger partial charge in [-0.3, -0.25) is 14.2 Å². The van der Waals surface area contributed by atoms with Gasteiger partial charge >= 0.3 is 12.2 Å². The van der Waals surface area contributed by atoms with Gasteiger partial charge < -0.3 is 59.2 Å². The van der Waals surface area contributed by atoms with Crippen LogP contribution in [0.3, 0.4) is 0 Å². The normalized spacial score (nSPS) is 23.1. The minimum Gasteiger partial charge on any atom is -0.464 e. The molecule has 2 aromatic carbocycles. The predicted octanol–water partition coefficient (Wildman–Crippen LogP) is 8.26. The van der Waals surface area contributed by atoms with E-state index in [2.05, 4.69) is 25.6 Å². The second-order valence-electron chi connectivity index (χ2n) is 21.7. The Bertz CT molecular complexity index is 3220. The molecule has 4 unspecified atom stereocenters. The highest BCUT2D eigenvalue weighted by Gasteiger charge is 2.50. The Kier molecular flexibility index (Phi) is 14.1. The Morgan fingerprint density at radius 1 is 0.870 bits per heavy atom. The summed E-state index contributed by atoms with van der Waals surface area (Å²) in [6, 6.07) is 8.94. The average Bonchev–Trinajstić information content (AvgIpc) is 4.48. The molecule has 4 aromatic heterocycles. The topological polar surface area (TPSA) is 240 Å². The fourth-order valence-electron chi connectivity index (χ4n) is 12.0. The average molecular weight is 1080 g/mol. The molecule has 5 N–H and O–H groups in total. The van der Waals surface area contributed by atoms with Crippen molar-refractivity contribution < 1.29 is 52.4 Å². The van der Waals surface area contributed by atoms with E-state index < -0.39 is 53.5 Å². The van der Waals surface area contributed by atoms with Gasteiger partial charge in [0.05, 0.1) is 76.3 Å². The number of carbonyl (C=O) groups excluding carboxylic acids is 4. The van der Waals surface area contributed by atoms with Crippen LogP contribution in [0.4, 0.5) is 14.0 Å². The second-order valence-corrected chi connectivity index (χ2v) is 22.8. The maximum atomic E-state index is 17.1. The van der Waals surface area contributed by atoms with Gasteiger partial charge in [-0.05, 0) is 101 Å². The Labute approximate surface area is 448 Å². The van der Waals surface area contributed by atoms with Crippen molar-refractivity contribution in [2.45, 2.75) is 121 Å². The van der Waals surface area contributed by atoms with Crippen LogP contribution < -0.4 is 15.4 Å². The van der Waals surface area contributed by atoms with Crippen LogP contribution >= 0.6 is 11.3 Å². The van der Waals surface area contributed by atoms with E-state index in [0.29, 0.717) is 86.3 Å². The first-order valence-corrected chi connectivity index (χ1v) is 27.3. The minimum atomic E-state index is -1.79. The maximum Gasteiger partial charge on any atom is 0.407 e. The third-order valence-corrected chi connectivity index (χ3v) is 17.1. The van der Waals surface area contributed by atoms with Gasteiger partial charge in [0.2, 0.25) is 18.0 Å². The monoisotopic (exact) mass is 1080 g/mol. The molecule has 6 atom stereocenters. The van der Waals surface area contributed by atoms with Crippen molar-refractivity contribution in [3.63, 3.8) is 0 Å².